The minimum absolute atomic E-state index is 0.226. The van der Waals surface area contributed by atoms with Gasteiger partial charge in [0.2, 0.25) is 0 Å². The Morgan fingerprint density at radius 2 is 1.19 bits per heavy atom. The third kappa shape index (κ3) is 11.1. The van der Waals surface area contributed by atoms with Gasteiger partial charge in [0, 0.05) is 32.8 Å². The monoisotopic (exact) mass is 306 g/mol. The van der Waals surface area contributed by atoms with Gasteiger partial charge >= 0.3 is 0 Å². The molecule has 21 heavy (non-hydrogen) atoms. The molecule has 0 radical (unpaired) electrons. The molecule has 5 nitrogen and oxygen atoms in total. The van der Waals surface area contributed by atoms with Crippen molar-refractivity contribution in [2.75, 3.05) is 26.4 Å². The van der Waals surface area contributed by atoms with Crippen molar-refractivity contribution >= 4 is 0 Å². The molecule has 5 heteroatoms. The van der Waals surface area contributed by atoms with Gasteiger partial charge < -0.3 is 23.7 Å². The summed E-state index contributed by atoms with van der Waals surface area (Å²) in [5.74, 6) is 0. The Bertz CT molecular complexity index is 207. The Morgan fingerprint density at radius 1 is 0.619 bits per heavy atom. The average molecular weight is 306 g/mol. The molecular formula is C16H34O5. The van der Waals surface area contributed by atoms with Gasteiger partial charge in [0.15, 0.2) is 18.9 Å². The molecule has 0 aromatic rings. The first-order valence-electron chi connectivity index (χ1n) is 8.33. The first-order chi connectivity index (χ1) is 10.2. The van der Waals surface area contributed by atoms with Gasteiger partial charge in [-0.1, -0.05) is 20.3 Å². The molecule has 0 saturated heterocycles. The standard InChI is InChI=1S/C16H34O5/c1-6-11-14(20-12-7-2)21-16(19-10-5)13-15(17-8-3)18-9-4/h14-16H,6-13H2,1-5H3. The minimum Gasteiger partial charge on any atom is -0.353 e. The van der Waals surface area contributed by atoms with Crippen molar-refractivity contribution in [1.29, 1.82) is 0 Å². The van der Waals surface area contributed by atoms with Crippen LogP contribution in [-0.4, -0.2) is 45.3 Å². The Hall–Kier alpha value is -0.200. The highest BCUT2D eigenvalue weighted by atomic mass is 16.8. The fourth-order valence-corrected chi connectivity index (χ4v) is 1.91. The number of ether oxygens (including phenoxy) is 5. The molecule has 0 bridgehead atoms. The van der Waals surface area contributed by atoms with Crippen LogP contribution in [0.4, 0.5) is 0 Å². The van der Waals surface area contributed by atoms with Crippen molar-refractivity contribution in [3.8, 4) is 0 Å². The van der Waals surface area contributed by atoms with Crippen LogP contribution in [0.25, 0.3) is 0 Å². The zero-order valence-corrected chi connectivity index (χ0v) is 14.4. The fraction of sp³-hybridized carbons (Fsp3) is 1.00. The topological polar surface area (TPSA) is 46.2 Å². The maximum Gasteiger partial charge on any atom is 0.165 e. The smallest absolute Gasteiger partial charge is 0.165 e. The lowest BCUT2D eigenvalue weighted by Crippen LogP contribution is -2.32. The highest BCUT2D eigenvalue weighted by Crippen LogP contribution is 2.15. The van der Waals surface area contributed by atoms with E-state index in [2.05, 4.69) is 13.8 Å². The zero-order chi connectivity index (χ0) is 15.9. The van der Waals surface area contributed by atoms with Gasteiger partial charge in [0.05, 0.1) is 0 Å². The van der Waals surface area contributed by atoms with E-state index in [9.17, 15) is 0 Å². The maximum atomic E-state index is 5.95. The third-order valence-electron chi connectivity index (χ3n) is 2.78. The van der Waals surface area contributed by atoms with Crippen LogP contribution < -0.4 is 0 Å². The van der Waals surface area contributed by atoms with E-state index in [1.807, 2.05) is 20.8 Å². The summed E-state index contributed by atoms with van der Waals surface area (Å²) in [6.07, 6.45) is 2.49. The molecule has 0 aromatic heterocycles. The number of rotatable bonds is 15. The Balaban J connectivity index is 4.45. The summed E-state index contributed by atoms with van der Waals surface area (Å²) >= 11 is 0. The van der Waals surface area contributed by atoms with Crippen LogP contribution >= 0.6 is 0 Å². The van der Waals surface area contributed by atoms with Crippen molar-refractivity contribution in [2.45, 2.75) is 79.2 Å². The molecule has 0 saturated carbocycles. The molecule has 0 aromatic carbocycles. The predicted octanol–water partition coefficient (Wildman–Crippen LogP) is 3.71. The van der Waals surface area contributed by atoms with Gasteiger partial charge in [-0.15, -0.1) is 0 Å². The predicted molar refractivity (Wildman–Crippen MR) is 83.1 cm³/mol. The van der Waals surface area contributed by atoms with E-state index >= 15 is 0 Å². The normalized spacial score (nSPS) is 14.6. The van der Waals surface area contributed by atoms with Crippen LogP contribution in [0.15, 0.2) is 0 Å². The minimum atomic E-state index is -0.369. The number of hydrogen-bond donors (Lipinski definition) is 0. The molecule has 0 spiro atoms. The maximum absolute atomic E-state index is 5.95. The SMILES string of the molecule is CCCOC(CCC)OC(CC(OCC)OCC)OCC. The van der Waals surface area contributed by atoms with Gasteiger partial charge in [-0.2, -0.15) is 0 Å². The highest BCUT2D eigenvalue weighted by molar-refractivity contribution is 4.54. The van der Waals surface area contributed by atoms with E-state index in [1.165, 1.54) is 0 Å². The Kier molecular flexibility index (Phi) is 14.6. The summed E-state index contributed by atoms with van der Waals surface area (Å²) in [6, 6.07) is 0. The van der Waals surface area contributed by atoms with Gasteiger partial charge in [0.1, 0.15) is 0 Å². The molecule has 0 aliphatic rings. The summed E-state index contributed by atoms with van der Waals surface area (Å²) in [6.45, 7) is 12.6. The van der Waals surface area contributed by atoms with E-state index in [0.717, 1.165) is 19.3 Å². The van der Waals surface area contributed by atoms with Gasteiger partial charge in [-0.25, -0.2) is 0 Å². The van der Waals surface area contributed by atoms with Gasteiger partial charge in [-0.3, -0.25) is 0 Å². The van der Waals surface area contributed by atoms with Crippen LogP contribution in [0.5, 0.6) is 0 Å². The van der Waals surface area contributed by atoms with Crippen molar-refractivity contribution in [2.24, 2.45) is 0 Å². The van der Waals surface area contributed by atoms with Crippen molar-refractivity contribution in [1.82, 2.24) is 0 Å². The van der Waals surface area contributed by atoms with Crippen LogP contribution in [-0.2, 0) is 23.7 Å². The largest absolute Gasteiger partial charge is 0.353 e. The average Bonchev–Trinajstić information content (AvgIpc) is 2.45. The van der Waals surface area contributed by atoms with Crippen LogP contribution in [0.2, 0.25) is 0 Å². The summed E-state index contributed by atoms with van der Waals surface area (Å²) < 4.78 is 28.5. The van der Waals surface area contributed by atoms with E-state index in [4.69, 9.17) is 23.7 Å². The van der Waals surface area contributed by atoms with Crippen molar-refractivity contribution in [3.05, 3.63) is 0 Å². The molecule has 0 fully saturated rings. The second kappa shape index (κ2) is 14.7. The molecule has 2 atom stereocenters. The lowest BCUT2D eigenvalue weighted by atomic mass is 10.3. The summed E-state index contributed by atoms with van der Waals surface area (Å²) in [5.41, 5.74) is 0. The Morgan fingerprint density at radius 3 is 1.67 bits per heavy atom. The van der Waals surface area contributed by atoms with Gasteiger partial charge in [-0.05, 0) is 33.6 Å². The second-order valence-electron chi connectivity index (χ2n) is 4.69. The lowest BCUT2D eigenvalue weighted by molar-refractivity contribution is -0.270. The second-order valence-corrected chi connectivity index (χ2v) is 4.69. The van der Waals surface area contributed by atoms with E-state index in [1.54, 1.807) is 0 Å². The first kappa shape index (κ1) is 20.8. The van der Waals surface area contributed by atoms with E-state index in [0.29, 0.717) is 32.8 Å². The van der Waals surface area contributed by atoms with Crippen molar-refractivity contribution in [3.63, 3.8) is 0 Å². The molecule has 128 valence electrons. The zero-order valence-electron chi connectivity index (χ0n) is 14.4. The van der Waals surface area contributed by atoms with E-state index in [-0.39, 0.29) is 18.9 Å². The van der Waals surface area contributed by atoms with Crippen LogP contribution in [0, 0.1) is 0 Å². The molecule has 2 unspecified atom stereocenters. The summed E-state index contributed by atoms with van der Waals surface area (Å²) in [4.78, 5) is 0. The van der Waals surface area contributed by atoms with Crippen LogP contribution in [0.1, 0.15) is 60.3 Å². The summed E-state index contributed by atoms with van der Waals surface area (Å²) in [7, 11) is 0. The molecule has 0 heterocycles. The Labute approximate surface area is 130 Å². The summed E-state index contributed by atoms with van der Waals surface area (Å²) in [5, 5.41) is 0. The van der Waals surface area contributed by atoms with E-state index < -0.39 is 0 Å². The molecule has 0 aliphatic carbocycles. The van der Waals surface area contributed by atoms with Gasteiger partial charge in [0.25, 0.3) is 0 Å². The molecule has 0 N–H and O–H groups in total. The highest BCUT2D eigenvalue weighted by Gasteiger charge is 2.22. The molecule has 0 rings (SSSR count). The molecule has 0 amide bonds. The molecule has 0 aliphatic heterocycles. The fourth-order valence-electron chi connectivity index (χ4n) is 1.91. The lowest BCUT2D eigenvalue weighted by Gasteiger charge is -2.27. The third-order valence-corrected chi connectivity index (χ3v) is 2.78. The van der Waals surface area contributed by atoms with Crippen LogP contribution in [0.3, 0.4) is 0 Å². The van der Waals surface area contributed by atoms with Crippen molar-refractivity contribution < 1.29 is 23.7 Å². The first-order valence-corrected chi connectivity index (χ1v) is 8.33. The number of hydrogen-bond acceptors (Lipinski definition) is 5. The molecular weight excluding hydrogens is 272 g/mol. The quantitative estimate of drug-likeness (QED) is 0.432.